The van der Waals surface area contributed by atoms with Gasteiger partial charge in [-0.25, -0.2) is 0 Å². The highest BCUT2D eigenvalue weighted by Crippen LogP contribution is 2.48. The molecule has 2 aromatic carbocycles. The number of hydrogen-bond donors (Lipinski definition) is 0. The van der Waals surface area contributed by atoms with Gasteiger partial charge in [0.2, 0.25) is 0 Å². The molecule has 0 saturated heterocycles. The monoisotopic (exact) mass is 322 g/mol. The lowest BCUT2D eigenvalue weighted by Gasteiger charge is -2.25. The van der Waals surface area contributed by atoms with E-state index < -0.39 is 0 Å². The van der Waals surface area contributed by atoms with Gasteiger partial charge in [-0.2, -0.15) is 4.91 Å². The van der Waals surface area contributed by atoms with E-state index >= 15 is 0 Å². The van der Waals surface area contributed by atoms with Crippen molar-refractivity contribution in [3.63, 3.8) is 0 Å². The van der Waals surface area contributed by atoms with E-state index in [2.05, 4.69) is 5.18 Å². The first-order valence-corrected chi connectivity index (χ1v) is 8.12. The number of nitroso groups, excluding NO2 is 1. The molecule has 4 rings (SSSR count). The Morgan fingerprint density at radius 1 is 1.21 bits per heavy atom. The molecule has 2 aliphatic rings. The maximum absolute atomic E-state index is 12.9. The van der Waals surface area contributed by atoms with Crippen molar-refractivity contribution in [3.05, 3.63) is 64.1 Å². The van der Waals surface area contributed by atoms with E-state index in [4.69, 9.17) is 4.74 Å². The van der Waals surface area contributed by atoms with Gasteiger partial charge in [0.1, 0.15) is 5.75 Å². The summed E-state index contributed by atoms with van der Waals surface area (Å²) in [6.07, 6.45) is 1.27. The summed E-state index contributed by atoms with van der Waals surface area (Å²) in [6.45, 7) is 0.593. The van der Waals surface area contributed by atoms with Crippen LogP contribution >= 0.6 is 0 Å². The molecule has 1 heterocycles. The van der Waals surface area contributed by atoms with E-state index in [0.29, 0.717) is 24.9 Å². The largest absolute Gasteiger partial charge is 0.496 e. The van der Waals surface area contributed by atoms with Crippen LogP contribution in [0.5, 0.6) is 5.75 Å². The first-order valence-electron chi connectivity index (χ1n) is 8.12. The Balaban J connectivity index is 1.78. The maximum Gasteiger partial charge on any atom is 0.258 e. The Kier molecular flexibility index (Phi) is 3.56. The van der Waals surface area contributed by atoms with Crippen molar-refractivity contribution >= 4 is 11.6 Å². The van der Waals surface area contributed by atoms with Gasteiger partial charge >= 0.3 is 0 Å². The van der Waals surface area contributed by atoms with Gasteiger partial charge in [-0.05, 0) is 36.2 Å². The van der Waals surface area contributed by atoms with Crippen molar-refractivity contribution in [1.29, 1.82) is 0 Å². The van der Waals surface area contributed by atoms with Gasteiger partial charge in [0, 0.05) is 35.7 Å². The maximum atomic E-state index is 12.9. The molecule has 5 heteroatoms. The van der Waals surface area contributed by atoms with Crippen LogP contribution in [0.3, 0.4) is 0 Å². The second-order valence-electron chi connectivity index (χ2n) is 6.36. The van der Waals surface area contributed by atoms with Crippen LogP contribution in [0.1, 0.15) is 33.8 Å². The number of benzene rings is 2. The zero-order valence-corrected chi connectivity index (χ0v) is 13.4. The number of anilines is 1. The minimum atomic E-state index is -0.251. The van der Waals surface area contributed by atoms with Crippen molar-refractivity contribution < 1.29 is 9.53 Å². The van der Waals surface area contributed by atoms with Crippen LogP contribution in [0.25, 0.3) is 0 Å². The Morgan fingerprint density at radius 3 is 2.71 bits per heavy atom. The summed E-state index contributed by atoms with van der Waals surface area (Å²) in [6, 6.07) is 12.9. The topological polar surface area (TPSA) is 59.0 Å². The zero-order chi connectivity index (χ0) is 16.7. The Labute approximate surface area is 140 Å². The standard InChI is InChI=1S/C19H18N2O3/c1-24-17-8-7-16-18-13(9-14(20-23)10-15(17)18)11-21(16)19(22)12-5-3-2-4-6-12/h2-8,13-14H,9-11H2,1H3. The highest BCUT2D eigenvalue weighted by molar-refractivity contribution is 6.07. The van der Waals surface area contributed by atoms with Gasteiger partial charge in [-0.15, -0.1) is 0 Å². The van der Waals surface area contributed by atoms with Crippen LogP contribution in [0.4, 0.5) is 5.69 Å². The van der Waals surface area contributed by atoms with E-state index in [1.807, 2.05) is 47.4 Å². The first-order chi connectivity index (χ1) is 11.7. The van der Waals surface area contributed by atoms with Crippen LogP contribution in [-0.4, -0.2) is 25.6 Å². The van der Waals surface area contributed by atoms with Gasteiger partial charge in [0.15, 0.2) is 0 Å². The van der Waals surface area contributed by atoms with E-state index in [0.717, 1.165) is 22.6 Å². The fourth-order valence-electron chi connectivity index (χ4n) is 3.98. The quantitative estimate of drug-likeness (QED) is 0.812. The van der Waals surface area contributed by atoms with Crippen molar-refractivity contribution in [2.75, 3.05) is 18.6 Å². The lowest BCUT2D eigenvalue weighted by atomic mass is 9.81. The predicted octanol–water partition coefficient (Wildman–Crippen LogP) is 3.52. The number of hydrogen-bond acceptors (Lipinski definition) is 4. The van der Waals surface area contributed by atoms with Crippen LogP contribution in [0.2, 0.25) is 0 Å². The van der Waals surface area contributed by atoms with E-state index in [1.54, 1.807) is 7.11 Å². The van der Waals surface area contributed by atoms with E-state index in [1.165, 1.54) is 0 Å². The van der Waals surface area contributed by atoms with Gasteiger partial charge < -0.3 is 9.64 Å². The summed E-state index contributed by atoms with van der Waals surface area (Å²) in [5, 5.41) is 3.26. The second kappa shape index (κ2) is 5.74. The minimum absolute atomic E-state index is 0.00650. The van der Waals surface area contributed by atoms with Crippen LogP contribution in [0.15, 0.2) is 47.6 Å². The average molecular weight is 322 g/mol. The van der Waals surface area contributed by atoms with Gasteiger partial charge in [0.25, 0.3) is 5.91 Å². The Bertz CT molecular complexity index is 804. The summed E-state index contributed by atoms with van der Waals surface area (Å²) in [4.78, 5) is 25.9. The van der Waals surface area contributed by atoms with Crippen molar-refractivity contribution in [2.45, 2.75) is 24.8 Å². The molecule has 1 aliphatic heterocycles. The van der Waals surface area contributed by atoms with E-state index in [-0.39, 0.29) is 17.9 Å². The van der Waals surface area contributed by atoms with Crippen LogP contribution in [0, 0.1) is 4.91 Å². The molecule has 0 bridgehead atoms. The summed E-state index contributed by atoms with van der Waals surface area (Å²) in [7, 11) is 1.63. The molecule has 0 aromatic heterocycles. The molecule has 2 aromatic rings. The number of carbonyl (C=O) groups is 1. The molecular formula is C19H18N2O3. The molecule has 0 fully saturated rings. The molecule has 1 aliphatic carbocycles. The van der Waals surface area contributed by atoms with Crippen molar-refractivity contribution in [2.24, 2.45) is 5.18 Å². The molecule has 2 unspecified atom stereocenters. The SMILES string of the molecule is COc1ccc2c3c1CC(N=O)CC3CN2C(=O)c1ccccc1. The van der Waals surface area contributed by atoms with Crippen molar-refractivity contribution in [3.8, 4) is 5.75 Å². The van der Waals surface area contributed by atoms with Crippen molar-refractivity contribution in [1.82, 2.24) is 0 Å². The van der Waals surface area contributed by atoms with Gasteiger partial charge in [-0.1, -0.05) is 23.4 Å². The van der Waals surface area contributed by atoms with Gasteiger partial charge in [-0.3, -0.25) is 4.79 Å². The third-order valence-electron chi connectivity index (χ3n) is 5.02. The minimum Gasteiger partial charge on any atom is -0.496 e. The first kappa shape index (κ1) is 14.9. The number of ether oxygens (including phenoxy) is 1. The summed E-state index contributed by atoms with van der Waals surface area (Å²) in [5.74, 6) is 0.920. The lowest BCUT2D eigenvalue weighted by Crippen LogP contribution is -2.30. The second-order valence-corrected chi connectivity index (χ2v) is 6.36. The highest BCUT2D eigenvalue weighted by atomic mass is 16.5. The molecule has 0 radical (unpaired) electrons. The summed E-state index contributed by atoms with van der Waals surface area (Å²) in [5.41, 5.74) is 3.79. The number of methoxy groups -OCH3 is 1. The van der Waals surface area contributed by atoms with Crippen LogP contribution in [-0.2, 0) is 6.42 Å². The third kappa shape index (κ3) is 2.19. The zero-order valence-electron chi connectivity index (χ0n) is 13.4. The normalized spacial score (nSPS) is 21.3. The average Bonchev–Trinajstić information content (AvgIpc) is 3.01. The molecule has 122 valence electrons. The summed E-state index contributed by atoms with van der Waals surface area (Å²) < 4.78 is 5.47. The molecule has 2 atom stereocenters. The molecule has 0 saturated carbocycles. The molecule has 0 spiro atoms. The molecule has 5 nitrogen and oxygen atoms in total. The smallest absolute Gasteiger partial charge is 0.258 e. The van der Waals surface area contributed by atoms with Gasteiger partial charge in [0.05, 0.1) is 13.2 Å². The fourth-order valence-corrected chi connectivity index (χ4v) is 3.98. The number of carbonyl (C=O) groups excluding carboxylic acids is 1. The number of rotatable bonds is 3. The molecule has 0 N–H and O–H groups in total. The Morgan fingerprint density at radius 2 is 2.00 bits per heavy atom. The molecular weight excluding hydrogens is 304 g/mol. The molecule has 24 heavy (non-hydrogen) atoms. The third-order valence-corrected chi connectivity index (χ3v) is 5.02. The van der Waals surface area contributed by atoms with Crippen LogP contribution < -0.4 is 9.64 Å². The van der Waals surface area contributed by atoms with E-state index in [9.17, 15) is 9.70 Å². The number of amides is 1. The lowest BCUT2D eigenvalue weighted by molar-refractivity contribution is 0.0988. The Hall–Kier alpha value is -2.69. The predicted molar refractivity (Wildman–Crippen MR) is 91.8 cm³/mol. The number of nitrogens with zero attached hydrogens (tertiary/aromatic N) is 2. The summed E-state index contributed by atoms with van der Waals surface area (Å²) >= 11 is 0. The fraction of sp³-hybridized carbons (Fsp3) is 0.316. The molecule has 1 amide bonds. The highest BCUT2D eigenvalue weighted by Gasteiger charge is 2.40.